The highest BCUT2D eigenvalue weighted by Crippen LogP contribution is 2.33. The van der Waals surface area contributed by atoms with Crippen LogP contribution in [0.15, 0.2) is 0 Å². The minimum atomic E-state index is -0.413. The molecular weight excluding hydrogens is 390 g/mol. The summed E-state index contributed by atoms with van der Waals surface area (Å²) in [5.41, 5.74) is -0.413. The van der Waals surface area contributed by atoms with Gasteiger partial charge in [-0.15, -0.1) is 0 Å². The first-order chi connectivity index (χ1) is 13.7. The molecule has 0 aliphatic carbocycles. The zero-order valence-electron chi connectivity index (χ0n) is 18.1. The van der Waals surface area contributed by atoms with E-state index in [1.807, 2.05) is 32.5 Å². The number of ether oxygens (including phenoxy) is 1. The lowest BCUT2D eigenvalue weighted by molar-refractivity contribution is -0.154. The molecule has 0 aromatic heterocycles. The van der Waals surface area contributed by atoms with Crippen LogP contribution in [-0.4, -0.2) is 53.1 Å². The second-order valence-corrected chi connectivity index (χ2v) is 10.2. The topological polar surface area (TPSA) is 96.5 Å². The molecule has 166 valence electrons. The van der Waals surface area contributed by atoms with Gasteiger partial charge in [0.2, 0.25) is 5.91 Å². The Morgan fingerprint density at radius 3 is 2.55 bits per heavy atom. The molecule has 2 aliphatic rings. The van der Waals surface area contributed by atoms with E-state index in [1.54, 1.807) is 0 Å². The summed E-state index contributed by atoms with van der Waals surface area (Å²) in [6.07, 6.45) is 7.71. The Kier molecular flexibility index (Phi) is 9.59. The summed E-state index contributed by atoms with van der Waals surface area (Å²) >= 11 is 1.92. The molecule has 0 radical (unpaired) electrons. The molecule has 3 amide bonds. The zero-order valence-corrected chi connectivity index (χ0v) is 18.9. The number of esters is 1. The number of hydrogen-bond acceptors (Lipinski definition) is 5. The first kappa shape index (κ1) is 23.8. The number of thioether (sulfide) groups is 1. The normalized spacial score (nSPS) is 23.3. The fourth-order valence-corrected chi connectivity index (χ4v) is 5.27. The smallest absolute Gasteiger partial charge is 0.315 e. The highest BCUT2D eigenvalue weighted by Gasteiger charge is 2.42. The van der Waals surface area contributed by atoms with Crippen LogP contribution in [0, 0.1) is 0 Å². The molecular formula is C21H37N3O4S. The molecule has 2 heterocycles. The van der Waals surface area contributed by atoms with Gasteiger partial charge >= 0.3 is 12.0 Å². The number of carbonyl (C=O) groups is 3. The van der Waals surface area contributed by atoms with Gasteiger partial charge in [-0.25, -0.2) is 4.79 Å². The van der Waals surface area contributed by atoms with Gasteiger partial charge in [-0.1, -0.05) is 19.3 Å². The van der Waals surface area contributed by atoms with Crippen molar-refractivity contribution >= 4 is 29.7 Å². The first-order valence-electron chi connectivity index (χ1n) is 10.9. The van der Waals surface area contributed by atoms with E-state index >= 15 is 0 Å². The van der Waals surface area contributed by atoms with E-state index in [1.165, 1.54) is 0 Å². The summed E-state index contributed by atoms with van der Waals surface area (Å²) in [5.74, 6) is 0.960. The fourth-order valence-electron chi connectivity index (χ4n) is 3.73. The predicted octanol–water partition coefficient (Wildman–Crippen LogP) is 3.12. The van der Waals surface area contributed by atoms with Crippen molar-refractivity contribution in [1.29, 1.82) is 0 Å². The lowest BCUT2D eigenvalue weighted by Gasteiger charge is -2.19. The van der Waals surface area contributed by atoms with E-state index in [-0.39, 0.29) is 30.0 Å². The number of carbonyl (C=O) groups excluding carboxylic acids is 3. The lowest BCUT2D eigenvalue weighted by atomic mass is 10.0. The number of unbranched alkanes of at least 4 members (excludes halogenated alkanes) is 4. The Morgan fingerprint density at radius 2 is 1.79 bits per heavy atom. The average molecular weight is 428 g/mol. The first-order valence-corrected chi connectivity index (χ1v) is 12.0. The molecule has 3 N–H and O–H groups in total. The Balaban J connectivity index is 1.40. The molecule has 2 rings (SSSR count). The van der Waals surface area contributed by atoms with Crippen molar-refractivity contribution in [3.8, 4) is 0 Å². The van der Waals surface area contributed by atoms with Crippen molar-refractivity contribution in [1.82, 2.24) is 16.0 Å². The second kappa shape index (κ2) is 11.7. The van der Waals surface area contributed by atoms with Gasteiger partial charge in [0, 0.05) is 30.4 Å². The average Bonchev–Trinajstić information content (AvgIpc) is 3.15. The van der Waals surface area contributed by atoms with Crippen molar-refractivity contribution < 1.29 is 19.1 Å². The molecule has 3 unspecified atom stereocenters. The second-order valence-electron chi connectivity index (χ2n) is 8.97. The number of amides is 3. The Morgan fingerprint density at radius 1 is 1.07 bits per heavy atom. The minimum absolute atomic E-state index is 0.0467. The van der Waals surface area contributed by atoms with Crippen molar-refractivity contribution in [3.63, 3.8) is 0 Å². The highest BCUT2D eigenvalue weighted by molar-refractivity contribution is 8.00. The van der Waals surface area contributed by atoms with Crippen molar-refractivity contribution in [2.45, 2.75) is 101 Å². The molecule has 0 saturated carbocycles. The minimum Gasteiger partial charge on any atom is -0.460 e. The van der Waals surface area contributed by atoms with E-state index in [0.717, 1.165) is 50.7 Å². The molecule has 0 bridgehead atoms. The summed E-state index contributed by atoms with van der Waals surface area (Å²) in [5, 5.41) is 9.40. The summed E-state index contributed by atoms with van der Waals surface area (Å²) in [6.45, 7) is 6.33. The third-order valence-corrected chi connectivity index (χ3v) is 6.64. The van der Waals surface area contributed by atoms with E-state index in [0.29, 0.717) is 24.6 Å². The van der Waals surface area contributed by atoms with E-state index in [9.17, 15) is 14.4 Å². The van der Waals surface area contributed by atoms with Crippen LogP contribution >= 0.6 is 11.8 Å². The maximum absolute atomic E-state index is 11.9. The summed E-state index contributed by atoms with van der Waals surface area (Å²) in [6, 6.07) is 0.469. The SMILES string of the molecule is CC(C)(C)OC(=O)CCCCCCNC(=O)CCCCC1SCC2NC(=O)NC21. The molecule has 0 aromatic carbocycles. The Labute approximate surface area is 178 Å². The van der Waals surface area contributed by atoms with E-state index in [2.05, 4.69) is 16.0 Å². The van der Waals surface area contributed by atoms with E-state index < -0.39 is 5.60 Å². The molecule has 3 atom stereocenters. The standard InChI is InChI=1S/C21H37N3O4S/c1-21(2,3)28-18(26)12-6-4-5-9-13-22-17(25)11-8-7-10-16-19-15(14-29-16)23-20(27)24-19/h15-16,19H,4-14H2,1-3H3,(H,22,25)(H2,23,24,27). The molecule has 8 heteroatoms. The predicted molar refractivity (Wildman–Crippen MR) is 116 cm³/mol. The van der Waals surface area contributed by atoms with Crippen LogP contribution in [-0.2, 0) is 14.3 Å². The molecule has 0 spiro atoms. The third-order valence-electron chi connectivity index (χ3n) is 5.13. The largest absolute Gasteiger partial charge is 0.460 e. The van der Waals surface area contributed by atoms with Crippen LogP contribution in [0.3, 0.4) is 0 Å². The molecule has 2 aliphatic heterocycles. The summed E-state index contributed by atoms with van der Waals surface area (Å²) in [4.78, 5) is 34.9. The van der Waals surface area contributed by atoms with Crippen molar-refractivity contribution in [3.05, 3.63) is 0 Å². The number of rotatable bonds is 12. The van der Waals surface area contributed by atoms with Crippen molar-refractivity contribution in [2.75, 3.05) is 12.3 Å². The number of hydrogen-bond donors (Lipinski definition) is 3. The van der Waals surface area contributed by atoms with Crippen molar-refractivity contribution in [2.24, 2.45) is 0 Å². The fraction of sp³-hybridized carbons (Fsp3) is 0.857. The van der Waals surface area contributed by atoms with Crippen LogP contribution in [0.25, 0.3) is 0 Å². The number of nitrogens with one attached hydrogen (secondary N) is 3. The third kappa shape index (κ3) is 9.28. The molecule has 2 saturated heterocycles. The van der Waals surface area contributed by atoms with Crippen LogP contribution in [0.4, 0.5) is 4.79 Å². The summed E-state index contributed by atoms with van der Waals surface area (Å²) < 4.78 is 5.28. The molecule has 2 fully saturated rings. The maximum Gasteiger partial charge on any atom is 0.315 e. The summed E-state index contributed by atoms with van der Waals surface area (Å²) in [7, 11) is 0. The van der Waals surface area contributed by atoms with Gasteiger partial charge in [-0.05, 0) is 46.5 Å². The van der Waals surface area contributed by atoms with Gasteiger partial charge in [0.25, 0.3) is 0 Å². The van der Waals surface area contributed by atoms with Gasteiger partial charge in [0.1, 0.15) is 5.60 Å². The zero-order chi connectivity index (χ0) is 21.3. The Hall–Kier alpha value is -1.44. The quantitative estimate of drug-likeness (QED) is 0.253. The van der Waals surface area contributed by atoms with Crippen LogP contribution < -0.4 is 16.0 Å². The van der Waals surface area contributed by atoms with Gasteiger partial charge in [0.15, 0.2) is 0 Å². The molecule has 29 heavy (non-hydrogen) atoms. The molecule has 0 aromatic rings. The van der Waals surface area contributed by atoms with Gasteiger partial charge in [-0.2, -0.15) is 11.8 Å². The Bertz CT molecular complexity index is 565. The number of urea groups is 1. The van der Waals surface area contributed by atoms with Gasteiger partial charge < -0.3 is 20.7 Å². The highest BCUT2D eigenvalue weighted by atomic mass is 32.2. The number of fused-ring (bicyclic) bond motifs is 1. The van der Waals surface area contributed by atoms with Gasteiger partial charge in [-0.3, -0.25) is 9.59 Å². The monoisotopic (exact) mass is 427 g/mol. The van der Waals surface area contributed by atoms with Crippen LogP contribution in [0.1, 0.15) is 78.6 Å². The van der Waals surface area contributed by atoms with Gasteiger partial charge in [0.05, 0.1) is 12.1 Å². The van der Waals surface area contributed by atoms with E-state index in [4.69, 9.17) is 4.74 Å². The lowest BCUT2D eigenvalue weighted by Crippen LogP contribution is -2.36. The molecule has 7 nitrogen and oxygen atoms in total. The van der Waals surface area contributed by atoms with Crippen LogP contribution in [0.2, 0.25) is 0 Å². The van der Waals surface area contributed by atoms with Crippen LogP contribution in [0.5, 0.6) is 0 Å². The maximum atomic E-state index is 11.9.